The third kappa shape index (κ3) is 4.44. The molecule has 1 amide bonds. The molecule has 0 bridgehead atoms. The zero-order chi connectivity index (χ0) is 18.5. The van der Waals surface area contributed by atoms with E-state index in [1.54, 1.807) is 12.1 Å². The Morgan fingerprint density at radius 2 is 2.04 bits per heavy atom. The number of carbonyl (C=O) groups is 1. The highest BCUT2D eigenvalue weighted by atomic mass is 35.5. The lowest BCUT2D eigenvalue weighted by Crippen LogP contribution is -2.51. The molecular formula is C19H24ClN3O3. The van der Waals surface area contributed by atoms with Gasteiger partial charge in [-0.25, -0.2) is 0 Å². The maximum atomic E-state index is 12.5. The standard InChI is InChI=1S/C19H24ClN3O3/c1-13(2)17(23-7-9-25-10-8-23)12-21-19(24)18-11-16(22-26-18)14-5-3-4-6-15(14)20/h3-6,11,13,17H,7-10,12H2,1-2H3,(H,21,24)/t17-/m1/s1. The average molecular weight is 378 g/mol. The number of hydrogen-bond acceptors (Lipinski definition) is 5. The molecule has 1 N–H and O–H groups in total. The van der Waals surface area contributed by atoms with Crippen molar-refractivity contribution in [1.29, 1.82) is 0 Å². The van der Waals surface area contributed by atoms with Gasteiger partial charge in [-0.1, -0.05) is 48.8 Å². The van der Waals surface area contributed by atoms with Crippen molar-refractivity contribution >= 4 is 17.5 Å². The Morgan fingerprint density at radius 1 is 1.31 bits per heavy atom. The smallest absolute Gasteiger partial charge is 0.289 e. The summed E-state index contributed by atoms with van der Waals surface area (Å²) in [5, 5.41) is 7.51. The fourth-order valence-corrected chi connectivity index (χ4v) is 3.39. The van der Waals surface area contributed by atoms with E-state index < -0.39 is 0 Å². The highest BCUT2D eigenvalue weighted by Crippen LogP contribution is 2.27. The van der Waals surface area contributed by atoms with Crippen LogP contribution < -0.4 is 5.32 Å². The predicted octanol–water partition coefficient (Wildman–Crippen LogP) is 3.08. The van der Waals surface area contributed by atoms with Crippen LogP contribution in [0.1, 0.15) is 24.4 Å². The fraction of sp³-hybridized carbons (Fsp3) is 0.474. The third-order valence-corrected chi connectivity index (χ3v) is 4.97. The predicted molar refractivity (Wildman–Crippen MR) is 100 cm³/mol. The number of morpholine rings is 1. The molecule has 2 heterocycles. The number of nitrogens with zero attached hydrogens (tertiary/aromatic N) is 2. The lowest BCUT2D eigenvalue weighted by Gasteiger charge is -2.36. The molecule has 0 unspecified atom stereocenters. The van der Waals surface area contributed by atoms with Crippen molar-refractivity contribution in [3.8, 4) is 11.3 Å². The van der Waals surface area contributed by atoms with E-state index in [9.17, 15) is 4.79 Å². The van der Waals surface area contributed by atoms with Crippen molar-refractivity contribution in [2.45, 2.75) is 19.9 Å². The summed E-state index contributed by atoms with van der Waals surface area (Å²) in [6, 6.07) is 9.21. The first-order valence-electron chi connectivity index (χ1n) is 8.88. The van der Waals surface area contributed by atoms with E-state index in [0.29, 0.717) is 23.2 Å². The molecule has 1 saturated heterocycles. The molecule has 0 radical (unpaired) electrons. The van der Waals surface area contributed by atoms with Crippen LogP contribution in [0.5, 0.6) is 0 Å². The molecule has 1 fully saturated rings. The molecule has 26 heavy (non-hydrogen) atoms. The molecule has 140 valence electrons. The third-order valence-electron chi connectivity index (χ3n) is 4.64. The molecule has 1 aromatic carbocycles. The lowest BCUT2D eigenvalue weighted by atomic mass is 10.0. The molecule has 0 spiro atoms. The van der Waals surface area contributed by atoms with Gasteiger partial charge in [-0.05, 0) is 12.0 Å². The molecule has 1 aliphatic rings. The van der Waals surface area contributed by atoms with Gasteiger partial charge in [-0.3, -0.25) is 9.69 Å². The number of carbonyl (C=O) groups excluding carboxylic acids is 1. The average Bonchev–Trinajstić information content (AvgIpc) is 3.13. The number of hydrogen-bond donors (Lipinski definition) is 1. The summed E-state index contributed by atoms with van der Waals surface area (Å²) >= 11 is 6.17. The van der Waals surface area contributed by atoms with E-state index in [1.165, 1.54) is 0 Å². The second-order valence-corrected chi connectivity index (χ2v) is 7.13. The van der Waals surface area contributed by atoms with Crippen LogP contribution in [0.25, 0.3) is 11.3 Å². The molecule has 1 aliphatic heterocycles. The number of halogens is 1. The maximum Gasteiger partial charge on any atom is 0.289 e. The minimum absolute atomic E-state index is 0.185. The minimum atomic E-state index is -0.269. The summed E-state index contributed by atoms with van der Waals surface area (Å²) in [4.78, 5) is 14.8. The summed E-state index contributed by atoms with van der Waals surface area (Å²) in [6.07, 6.45) is 0. The van der Waals surface area contributed by atoms with Crippen molar-refractivity contribution in [3.05, 3.63) is 41.1 Å². The van der Waals surface area contributed by atoms with E-state index in [4.69, 9.17) is 20.9 Å². The number of nitrogens with one attached hydrogen (secondary N) is 1. The molecule has 3 rings (SSSR count). The Hall–Kier alpha value is -1.89. The van der Waals surface area contributed by atoms with Gasteiger partial charge in [0, 0.05) is 37.3 Å². The van der Waals surface area contributed by atoms with Crippen LogP contribution in [0.3, 0.4) is 0 Å². The quantitative estimate of drug-likeness (QED) is 0.837. The number of rotatable bonds is 6. The Bertz CT molecular complexity index is 741. The van der Waals surface area contributed by atoms with Crippen molar-refractivity contribution in [2.75, 3.05) is 32.8 Å². The Kier molecular flexibility index (Phi) is 6.29. The summed E-state index contributed by atoms with van der Waals surface area (Å²) in [5.74, 6) is 0.334. The maximum absolute atomic E-state index is 12.5. The molecule has 0 aliphatic carbocycles. The Morgan fingerprint density at radius 3 is 2.73 bits per heavy atom. The van der Waals surface area contributed by atoms with Gasteiger partial charge in [0.1, 0.15) is 5.69 Å². The summed E-state index contributed by atoms with van der Waals surface area (Å²) in [7, 11) is 0. The van der Waals surface area contributed by atoms with Crippen LogP contribution in [0.2, 0.25) is 5.02 Å². The first-order chi connectivity index (χ1) is 12.6. The zero-order valence-electron chi connectivity index (χ0n) is 15.1. The van der Waals surface area contributed by atoms with E-state index in [-0.39, 0.29) is 17.7 Å². The number of benzene rings is 1. The van der Waals surface area contributed by atoms with Crippen LogP contribution in [0, 0.1) is 5.92 Å². The van der Waals surface area contributed by atoms with Gasteiger partial charge in [-0.2, -0.15) is 0 Å². The topological polar surface area (TPSA) is 67.6 Å². The SMILES string of the molecule is CC(C)[C@@H](CNC(=O)c1cc(-c2ccccc2Cl)no1)N1CCOCC1. The molecule has 7 heteroatoms. The fourth-order valence-electron chi connectivity index (χ4n) is 3.16. The van der Waals surface area contributed by atoms with Gasteiger partial charge in [0.15, 0.2) is 0 Å². The summed E-state index contributed by atoms with van der Waals surface area (Å²) in [6.45, 7) is 8.13. The van der Waals surface area contributed by atoms with E-state index in [0.717, 1.165) is 31.9 Å². The van der Waals surface area contributed by atoms with Crippen molar-refractivity contribution < 1.29 is 14.1 Å². The first-order valence-corrected chi connectivity index (χ1v) is 9.25. The van der Waals surface area contributed by atoms with Gasteiger partial charge in [0.05, 0.1) is 18.2 Å². The second-order valence-electron chi connectivity index (χ2n) is 6.73. The van der Waals surface area contributed by atoms with Crippen molar-refractivity contribution in [2.24, 2.45) is 5.92 Å². The van der Waals surface area contributed by atoms with Crippen LogP contribution in [0.15, 0.2) is 34.9 Å². The van der Waals surface area contributed by atoms with E-state index in [1.807, 2.05) is 18.2 Å². The number of aromatic nitrogens is 1. The Balaban J connectivity index is 1.63. The molecule has 2 aromatic rings. The molecule has 1 aromatic heterocycles. The highest BCUT2D eigenvalue weighted by molar-refractivity contribution is 6.33. The molecule has 1 atom stereocenters. The molecule has 0 saturated carbocycles. The summed E-state index contributed by atoms with van der Waals surface area (Å²) < 4.78 is 10.6. The van der Waals surface area contributed by atoms with Crippen molar-refractivity contribution in [1.82, 2.24) is 15.4 Å². The van der Waals surface area contributed by atoms with Crippen LogP contribution in [-0.2, 0) is 4.74 Å². The number of amides is 1. The molecule has 6 nitrogen and oxygen atoms in total. The van der Waals surface area contributed by atoms with E-state index >= 15 is 0 Å². The Labute approximate surface area is 158 Å². The van der Waals surface area contributed by atoms with Crippen molar-refractivity contribution in [3.63, 3.8) is 0 Å². The highest BCUT2D eigenvalue weighted by Gasteiger charge is 2.25. The van der Waals surface area contributed by atoms with Gasteiger partial charge < -0.3 is 14.6 Å². The minimum Gasteiger partial charge on any atom is -0.379 e. The van der Waals surface area contributed by atoms with Crippen LogP contribution in [0.4, 0.5) is 0 Å². The van der Waals surface area contributed by atoms with Crippen LogP contribution in [-0.4, -0.2) is 54.9 Å². The zero-order valence-corrected chi connectivity index (χ0v) is 15.8. The second kappa shape index (κ2) is 8.66. The normalized spacial score (nSPS) is 16.6. The van der Waals surface area contributed by atoms with Gasteiger partial charge in [0.25, 0.3) is 5.91 Å². The first kappa shape index (κ1) is 18.9. The van der Waals surface area contributed by atoms with E-state index in [2.05, 4.69) is 29.2 Å². The molecular weight excluding hydrogens is 354 g/mol. The largest absolute Gasteiger partial charge is 0.379 e. The van der Waals surface area contributed by atoms with Crippen LogP contribution >= 0.6 is 11.6 Å². The van der Waals surface area contributed by atoms with Gasteiger partial charge in [-0.15, -0.1) is 0 Å². The number of ether oxygens (including phenoxy) is 1. The van der Waals surface area contributed by atoms with Gasteiger partial charge >= 0.3 is 0 Å². The summed E-state index contributed by atoms with van der Waals surface area (Å²) in [5.41, 5.74) is 1.29. The van der Waals surface area contributed by atoms with Gasteiger partial charge in [0.2, 0.25) is 5.76 Å². The lowest BCUT2D eigenvalue weighted by molar-refractivity contribution is 0.00664. The monoisotopic (exact) mass is 377 g/mol.